The Morgan fingerprint density at radius 2 is 2.00 bits per heavy atom. The summed E-state index contributed by atoms with van der Waals surface area (Å²) >= 11 is 0. The van der Waals surface area contributed by atoms with E-state index in [0.717, 1.165) is 43.2 Å². The Kier molecular flexibility index (Phi) is 7.08. The van der Waals surface area contributed by atoms with E-state index in [-0.39, 0.29) is 0 Å². The van der Waals surface area contributed by atoms with Gasteiger partial charge in [-0.3, -0.25) is 0 Å². The van der Waals surface area contributed by atoms with Crippen LogP contribution < -0.4 is 10.1 Å². The van der Waals surface area contributed by atoms with Gasteiger partial charge in [0.05, 0.1) is 6.61 Å². The van der Waals surface area contributed by atoms with Crippen molar-refractivity contribution in [3.8, 4) is 5.75 Å². The third-order valence-corrected chi connectivity index (χ3v) is 4.35. The van der Waals surface area contributed by atoms with Crippen molar-refractivity contribution >= 4 is 0 Å². The summed E-state index contributed by atoms with van der Waals surface area (Å²) in [6, 6.07) is 10.8. The first-order chi connectivity index (χ1) is 10.2. The molecule has 0 saturated heterocycles. The van der Waals surface area contributed by atoms with Crippen LogP contribution in [-0.4, -0.2) is 19.2 Å². The predicted octanol–water partition coefficient (Wildman–Crippen LogP) is 4.65. The van der Waals surface area contributed by atoms with Crippen molar-refractivity contribution in [2.24, 2.45) is 11.8 Å². The molecule has 1 aliphatic rings. The van der Waals surface area contributed by atoms with E-state index < -0.39 is 0 Å². The van der Waals surface area contributed by atoms with Gasteiger partial charge in [-0.05, 0) is 56.2 Å². The van der Waals surface area contributed by atoms with Crippen molar-refractivity contribution in [2.45, 2.75) is 58.4 Å². The van der Waals surface area contributed by atoms with Crippen LogP contribution in [0.5, 0.6) is 5.75 Å². The molecule has 118 valence electrons. The Hall–Kier alpha value is -1.02. The molecular formula is C19H31NO. The molecule has 0 amide bonds. The summed E-state index contributed by atoms with van der Waals surface area (Å²) in [5, 5.41) is 3.73. The number of rotatable bonds is 8. The van der Waals surface area contributed by atoms with Gasteiger partial charge in [0.1, 0.15) is 5.75 Å². The van der Waals surface area contributed by atoms with Crippen molar-refractivity contribution in [3.05, 3.63) is 30.3 Å². The molecule has 1 N–H and O–H groups in total. The first-order valence-electron chi connectivity index (χ1n) is 8.65. The molecular weight excluding hydrogens is 258 g/mol. The molecule has 2 nitrogen and oxygen atoms in total. The van der Waals surface area contributed by atoms with Gasteiger partial charge in [-0.25, -0.2) is 0 Å². The van der Waals surface area contributed by atoms with Gasteiger partial charge in [-0.1, -0.05) is 44.9 Å². The minimum Gasteiger partial charge on any atom is -0.494 e. The maximum atomic E-state index is 5.73. The van der Waals surface area contributed by atoms with Crippen LogP contribution in [0.15, 0.2) is 30.3 Å². The normalized spacial score (nSPS) is 22.4. The lowest BCUT2D eigenvalue weighted by Crippen LogP contribution is -2.35. The molecule has 1 aromatic rings. The number of para-hydroxylation sites is 1. The molecule has 0 bridgehead atoms. The van der Waals surface area contributed by atoms with Crippen LogP contribution in [0, 0.1) is 11.8 Å². The van der Waals surface area contributed by atoms with Crippen LogP contribution in [0.3, 0.4) is 0 Å². The van der Waals surface area contributed by atoms with Crippen molar-refractivity contribution in [3.63, 3.8) is 0 Å². The zero-order valence-electron chi connectivity index (χ0n) is 13.7. The molecule has 1 aromatic carbocycles. The van der Waals surface area contributed by atoms with Crippen LogP contribution in [0.1, 0.15) is 52.4 Å². The number of ether oxygens (including phenoxy) is 1. The Morgan fingerprint density at radius 1 is 1.19 bits per heavy atom. The maximum absolute atomic E-state index is 5.73. The van der Waals surface area contributed by atoms with Gasteiger partial charge >= 0.3 is 0 Å². The van der Waals surface area contributed by atoms with E-state index in [4.69, 9.17) is 4.74 Å². The highest BCUT2D eigenvalue weighted by atomic mass is 16.5. The second-order valence-corrected chi connectivity index (χ2v) is 6.83. The summed E-state index contributed by atoms with van der Waals surface area (Å²) in [4.78, 5) is 0. The van der Waals surface area contributed by atoms with Crippen molar-refractivity contribution in [1.29, 1.82) is 0 Å². The van der Waals surface area contributed by atoms with Crippen LogP contribution in [0.25, 0.3) is 0 Å². The lowest BCUT2D eigenvalue weighted by molar-refractivity contribution is 0.246. The van der Waals surface area contributed by atoms with Crippen molar-refractivity contribution < 1.29 is 4.74 Å². The first-order valence-corrected chi connectivity index (χ1v) is 8.65. The van der Waals surface area contributed by atoms with Crippen molar-refractivity contribution in [1.82, 2.24) is 5.32 Å². The second-order valence-electron chi connectivity index (χ2n) is 6.83. The molecule has 1 saturated carbocycles. The zero-order valence-corrected chi connectivity index (χ0v) is 13.7. The first kappa shape index (κ1) is 16.4. The molecule has 0 heterocycles. The molecule has 1 fully saturated rings. The van der Waals surface area contributed by atoms with Gasteiger partial charge in [0.15, 0.2) is 0 Å². The van der Waals surface area contributed by atoms with E-state index in [0.29, 0.717) is 0 Å². The maximum Gasteiger partial charge on any atom is 0.119 e. The fourth-order valence-corrected chi connectivity index (χ4v) is 3.44. The molecule has 0 spiro atoms. The van der Waals surface area contributed by atoms with Crippen LogP contribution in [0.2, 0.25) is 0 Å². The van der Waals surface area contributed by atoms with E-state index in [1.54, 1.807) is 0 Å². The van der Waals surface area contributed by atoms with Gasteiger partial charge in [0.2, 0.25) is 0 Å². The lowest BCUT2D eigenvalue weighted by Gasteiger charge is -2.31. The summed E-state index contributed by atoms with van der Waals surface area (Å²) in [6.45, 7) is 6.57. The van der Waals surface area contributed by atoms with Gasteiger partial charge in [0.25, 0.3) is 0 Å². The summed E-state index contributed by atoms with van der Waals surface area (Å²) in [7, 11) is 0. The van der Waals surface area contributed by atoms with E-state index in [2.05, 4.69) is 19.2 Å². The molecule has 2 heteroatoms. The summed E-state index contributed by atoms with van der Waals surface area (Å²) < 4.78 is 5.73. The molecule has 0 aromatic heterocycles. The highest BCUT2D eigenvalue weighted by Gasteiger charge is 2.21. The fourth-order valence-electron chi connectivity index (χ4n) is 3.44. The van der Waals surface area contributed by atoms with E-state index in [1.165, 1.54) is 32.1 Å². The van der Waals surface area contributed by atoms with Crippen LogP contribution >= 0.6 is 0 Å². The van der Waals surface area contributed by atoms with Gasteiger partial charge in [0, 0.05) is 6.04 Å². The Labute approximate surface area is 130 Å². The summed E-state index contributed by atoms with van der Waals surface area (Å²) in [6.07, 6.45) is 8.05. The fraction of sp³-hybridized carbons (Fsp3) is 0.684. The van der Waals surface area contributed by atoms with Gasteiger partial charge in [-0.15, -0.1) is 0 Å². The zero-order chi connectivity index (χ0) is 14.9. The summed E-state index contributed by atoms with van der Waals surface area (Å²) in [5.74, 6) is 2.76. The largest absolute Gasteiger partial charge is 0.494 e. The highest BCUT2D eigenvalue weighted by Crippen LogP contribution is 2.29. The number of nitrogens with one attached hydrogen (secondary N) is 1. The number of hydrogen-bond donors (Lipinski definition) is 1. The van der Waals surface area contributed by atoms with Crippen molar-refractivity contribution in [2.75, 3.05) is 13.2 Å². The van der Waals surface area contributed by atoms with E-state index >= 15 is 0 Å². The van der Waals surface area contributed by atoms with Crippen LogP contribution in [0.4, 0.5) is 0 Å². The monoisotopic (exact) mass is 289 g/mol. The molecule has 2 atom stereocenters. The smallest absolute Gasteiger partial charge is 0.119 e. The molecule has 21 heavy (non-hydrogen) atoms. The Morgan fingerprint density at radius 3 is 2.76 bits per heavy atom. The van der Waals surface area contributed by atoms with E-state index in [1.807, 2.05) is 30.3 Å². The molecule has 2 rings (SSSR count). The SMILES string of the molecule is CC(C)CC1CCCC(NCCCOc2ccccc2)C1. The summed E-state index contributed by atoms with van der Waals surface area (Å²) in [5.41, 5.74) is 0. The van der Waals surface area contributed by atoms with Gasteiger partial charge < -0.3 is 10.1 Å². The predicted molar refractivity (Wildman–Crippen MR) is 89.8 cm³/mol. The average molecular weight is 289 g/mol. The number of hydrogen-bond acceptors (Lipinski definition) is 2. The molecule has 0 radical (unpaired) electrons. The molecule has 2 unspecified atom stereocenters. The average Bonchev–Trinajstić information content (AvgIpc) is 2.48. The topological polar surface area (TPSA) is 21.3 Å². The minimum atomic E-state index is 0.735. The van der Waals surface area contributed by atoms with E-state index in [9.17, 15) is 0 Å². The Balaban J connectivity index is 1.56. The quantitative estimate of drug-likeness (QED) is 0.703. The van der Waals surface area contributed by atoms with Crippen LogP contribution in [-0.2, 0) is 0 Å². The molecule has 1 aliphatic carbocycles. The lowest BCUT2D eigenvalue weighted by atomic mass is 9.81. The number of benzene rings is 1. The third-order valence-electron chi connectivity index (χ3n) is 4.35. The molecule has 0 aliphatic heterocycles. The standard InChI is InChI=1S/C19H31NO/c1-16(2)14-17-8-6-9-18(15-17)20-12-7-13-21-19-10-4-3-5-11-19/h3-5,10-11,16-18,20H,6-9,12-15H2,1-2H3. The minimum absolute atomic E-state index is 0.735. The third kappa shape index (κ3) is 6.52. The van der Waals surface area contributed by atoms with Gasteiger partial charge in [-0.2, -0.15) is 0 Å². The highest BCUT2D eigenvalue weighted by molar-refractivity contribution is 5.20. The Bertz CT molecular complexity index is 376. The second kappa shape index (κ2) is 9.09.